The number of alkyl halides is 2. The van der Waals surface area contributed by atoms with Crippen molar-refractivity contribution in [3.63, 3.8) is 0 Å². The number of hydrogen-bond acceptors (Lipinski definition) is 4. The first-order valence-corrected chi connectivity index (χ1v) is 12.6. The van der Waals surface area contributed by atoms with E-state index in [2.05, 4.69) is 16.4 Å². The molecule has 1 aliphatic rings. The fraction of sp³-hybridized carbons (Fsp3) is 0.310. The van der Waals surface area contributed by atoms with Gasteiger partial charge in [0.2, 0.25) is 5.78 Å². The number of carbonyl (C=O) groups is 1. The van der Waals surface area contributed by atoms with Crippen LogP contribution in [-0.2, 0) is 22.7 Å². The van der Waals surface area contributed by atoms with E-state index in [1.54, 1.807) is 24.4 Å². The number of ether oxygens (including phenoxy) is 1. The summed E-state index contributed by atoms with van der Waals surface area (Å²) in [7, 11) is 1.87. The second kappa shape index (κ2) is 12.1. The Hall–Kier alpha value is -2.96. The molecule has 0 aliphatic heterocycles. The number of nitrogens with zero attached hydrogens (tertiary/aromatic N) is 1. The predicted molar refractivity (Wildman–Crippen MR) is 146 cm³/mol. The SMILES string of the molecule is CC(=O)C(F)(F)c1ccc(CC=C2CC2)cc1.CNc1ccc(OC(C)(C)c2ncc(Cl)cc2Cl)cc1. The standard InChI is InChI=1S/C15H16Cl2N2O.C14H14F2O/c1-15(2,14-13(17)8-10(16)9-19-14)20-12-6-4-11(18-3)5-7-12;1-10(17)14(15,16)13-8-6-12(7-9-13)5-4-11-2-3-11/h4-9,18H,1-3H3;4,6-9H,2-3,5H2,1H3. The Labute approximate surface area is 226 Å². The highest BCUT2D eigenvalue weighted by Gasteiger charge is 2.37. The van der Waals surface area contributed by atoms with Crippen LogP contribution in [0.4, 0.5) is 14.5 Å². The monoisotopic (exact) mass is 546 g/mol. The lowest BCUT2D eigenvalue weighted by Gasteiger charge is -2.27. The van der Waals surface area contributed by atoms with Crippen molar-refractivity contribution in [2.45, 2.75) is 51.6 Å². The summed E-state index contributed by atoms with van der Waals surface area (Å²) in [6, 6.07) is 15.3. The van der Waals surface area contributed by atoms with Gasteiger partial charge in [-0.3, -0.25) is 9.78 Å². The number of halogens is 4. The number of hydrogen-bond donors (Lipinski definition) is 1. The van der Waals surface area contributed by atoms with Crippen LogP contribution in [0.15, 0.2) is 72.4 Å². The van der Waals surface area contributed by atoms with Gasteiger partial charge in [-0.2, -0.15) is 8.78 Å². The number of ketones is 1. The zero-order valence-corrected chi connectivity index (χ0v) is 22.8. The van der Waals surface area contributed by atoms with E-state index in [1.807, 2.05) is 45.2 Å². The van der Waals surface area contributed by atoms with E-state index in [0.717, 1.165) is 30.3 Å². The van der Waals surface area contributed by atoms with Gasteiger partial charge >= 0.3 is 5.92 Å². The molecule has 1 fully saturated rings. The number of allylic oxidation sites excluding steroid dienone is 2. The maximum Gasteiger partial charge on any atom is 0.330 e. The van der Waals surface area contributed by atoms with Crippen molar-refractivity contribution in [1.82, 2.24) is 4.98 Å². The molecule has 0 radical (unpaired) electrons. The molecule has 2 aromatic carbocycles. The van der Waals surface area contributed by atoms with Gasteiger partial charge in [-0.1, -0.05) is 59.1 Å². The number of anilines is 1. The lowest BCUT2D eigenvalue weighted by Crippen LogP contribution is -2.27. The van der Waals surface area contributed by atoms with Crippen LogP contribution in [-0.4, -0.2) is 17.8 Å². The molecule has 0 amide bonds. The molecule has 1 N–H and O–H groups in total. The van der Waals surface area contributed by atoms with Crippen molar-refractivity contribution >= 4 is 34.7 Å². The van der Waals surface area contributed by atoms with Crippen molar-refractivity contribution in [1.29, 1.82) is 0 Å². The molecule has 8 heteroatoms. The van der Waals surface area contributed by atoms with Crippen molar-refractivity contribution in [3.05, 3.63) is 99.3 Å². The molecule has 0 unspecified atom stereocenters. The molecule has 1 saturated carbocycles. The second-order valence-corrected chi connectivity index (χ2v) is 10.1. The van der Waals surface area contributed by atoms with E-state index in [9.17, 15) is 13.6 Å². The molecule has 0 bridgehead atoms. The van der Waals surface area contributed by atoms with E-state index in [-0.39, 0.29) is 5.56 Å². The number of aromatic nitrogens is 1. The number of benzene rings is 2. The Balaban J connectivity index is 0.000000208. The van der Waals surface area contributed by atoms with E-state index in [0.29, 0.717) is 15.7 Å². The number of carbonyl (C=O) groups excluding carboxylic acids is 1. The van der Waals surface area contributed by atoms with Crippen LogP contribution in [0, 0.1) is 0 Å². The van der Waals surface area contributed by atoms with E-state index in [1.165, 1.54) is 30.5 Å². The molecule has 1 aromatic heterocycles. The summed E-state index contributed by atoms with van der Waals surface area (Å²) in [6.45, 7) is 4.74. The summed E-state index contributed by atoms with van der Waals surface area (Å²) < 4.78 is 32.7. The lowest BCUT2D eigenvalue weighted by atomic mass is 10.0. The smallest absolute Gasteiger partial charge is 0.330 e. The molecule has 0 saturated heterocycles. The van der Waals surface area contributed by atoms with Crippen LogP contribution in [0.25, 0.3) is 0 Å². The van der Waals surface area contributed by atoms with Gasteiger partial charge in [-0.25, -0.2) is 0 Å². The minimum atomic E-state index is -3.37. The molecule has 0 spiro atoms. The largest absolute Gasteiger partial charge is 0.481 e. The molecule has 4 nitrogen and oxygen atoms in total. The normalized spacial score (nSPS) is 12.8. The first-order valence-electron chi connectivity index (χ1n) is 11.9. The Morgan fingerprint density at radius 3 is 2.22 bits per heavy atom. The zero-order chi connectivity index (χ0) is 27.2. The third kappa shape index (κ3) is 8.01. The van der Waals surface area contributed by atoms with Gasteiger partial charge in [-0.15, -0.1) is 0 Å². The van der Waals surface area contributed by atoms with Crippen molar-refractivity contribution < 1.29 is 18.3 Å². The first-order chi connectivity index (χ1) is 17.4. The molecule has 196 valence electrons. The van der Waals surface area contributed by atoms with Gasteiger partial charge in [0, 0.05) is 31.4 Å². The second-order valence-electron chi connectivity index (χ2n) is 9.26. The summed E-state index contributed by atoms with van der Waals surface area (Å²) in [6.07, 6.45) is 6.82. The highest BCUT2D eigenvalue weighted by atomic mass is 35.5. The van der Waals surface area contributed by atoms with Crippen molar-refractivity contribution in [3.8, 4) is 5.75 Å². The van der Waals surface area contributed by atoms with Crippen molar-refractivity contribution in [2.24, 2.45) is 0 Å². The van der Waals surface area contributed by atoms with Crippen molar-refractivity contribution in [2.75, 3.05) is 12.4 Å². The van der Waals surface area contributed by atoms with E-state index in [4.69, 9.17) is 27.9 Å². The highest BCUT2D eigenvalue weighted by Crippen LogP contribution is 2.33. The summed E-state index contributed by atoms with van der Waals surface area (Å²) in [4.78, 5) is 15.1. The molecule has 1 aliphatic carbocycles. The Kier molecular flexibility index (Phi) is 9.32. The zero-order valence-electron chi connectivity index (χ0n) is 21.2. The molecule has 0 atom stereocenters. The minimum absolute atomic E-state index is 0.229. The van der Waals surface area contributed by atoms with Gasteiger partial charge in [-0.05, 0) is 69.0 Å². The molecule has 4 rings (SSSR count). The molecular weight excluding hydrogens is 517 g/mol. The van der Waals surface area contributed by atoms with Crippen LogP contribution >= 0.6 is 23.2 Å². The molecule has 37 heavy (non-hydrogen) atoms. The molecule has 3 aromatic rings. The van der Waals surface area contributed by atoms with Crippen LogP contribution in [0.1, 0.15) is 50.4 Å². The van der Waals surface area contributed by atoms with Gasteiger partial charge < -0.3 is 10.1 Å². The predicted octanol–water partition coefficient (Wildman–Crippen LogP) is 8.37. The summed E-state index contributed by atoms with van der Waals surface area (Å²) in [5.74, 6) is -3.74. The topological polar surface area (TPSA) is 51.2 Å². The fourth-order valence-electron chi connectivity index (χ4n) is 3.48. The fourth-order valence-corrected chi connectivity index (χ4v) is 4.09. The molecular formula is C29H30Cl2F2N2O2. The average molecular weight is 547 g/mol. The van der Waals surface area contributed by atoms with Gasteiger partial charge in [0.15, 0.2) is 0 Å². The minimum Gasteiger partial charge on any atom is -0.481 e. The van der Waals surface area contributed by atoms with E-state index >= 15 is 0 Å². The maximum absolute atomic E-state index is 13.4. The summed E-state index contributed by atoms with van der Waals surface area (Å²) in [5, 5.41) is 4.06. The maximum atomic E-state index is 13.4. The first kappa shape index (κ1) is 28.6. The van der Waals surface area contributed by atoms with Crippen LogP contribution < -0.4 is 10.1 Å². The van der Waals surface area contributed by atoms with Gasteiger partial charge in [0.05, 0.1) is 10.0 Å². The van der Waals surface area contributed by atoms with E-state index < -0.39 is 17.3 Å². The summed E-state index contributed by atoms with van der Waals surface area (Å²) in [5.41, 5.74) is 3.23. The summed E-state index contributed by atoms with van der Waals surface area (Å²) >= 11 is 12.1. The number of nitrogens with one attached hydrogen (secondary N) is 1. The Bertz CT molecular complexity index is 1250. The number of Topliss-reactive ketones (excluding diaryl/α,β-unsaturated/α-hetero) is 1. The van der Waals surface area contributed by atoms with Gasteiger partial charge in [0.1, 0.15) is 17.0 Å². The Morgan fingerprint density at radius 1 is 1.08 bits per heavy atom. The van der Waals surface area contributed by atoms with Crippen LogP contribution in [0.5, 0.6) is 5.75 Å². The van der Waals surface area contributed by atoms with Crippen LogP contribution in [0.3, 0.4) is 0 Å². The Morgan fingerprint density at radius 2 is 1.70 bits per heavy atom. The lowest BCUT2D eigenvalue weighted by molar-refractivity contribution is -0.141. The number of rotatable bonds is 8. The molecule has 1 heterocycles. The number of pyridine rings is 1. The average Bonchev–Trinajstić information content (AvgIpc) is 3.68. The van der Waals surface area contributed by atoms with Gasteiger partial charge in [0.25, 0.3) is 0 Å². The quantitative estimate of drug-likeness (QED) is 0.288. The highest BCUT2D eigenvalue weighted by molar-refractivity contribution is 6.34. The third-order valence-corrected chi connectivity index (χ3v) is 6.31. The third-order valence-electron chi connectivity index (χ3n) is 5.82. The van der Waals surface area contributed by atoms with Crippen LogP contribution in [0.2, 0.25) is 10.0 Å².